The fourth-order valence-electron chi connectivity index (χ4n) is 3.57. The Morgan fingerprint density at radius 3 is 1.35 bits per heavy atom. The van der Waals surface area contributed by atoms with Crippen molar-refractivity contribution >= 4 is 23.2 Å². The number of hydrogen-bond donors (Lipinski definition) is 2. The van der Waals surface area contributed by atoms with Gasteiger partial charge in [0, 0.05) is 72.7 Å². The molecule has 0 spiro atoms. The fraction of sp³-hybridized carbons (Fsp3) is 0.143. The van der Waals surface area contributed by atoms with Crippen LogP contribution in [-0.4, -0.2) is 11.8 Å². The Morgan fingerprint density at radius 1 is 0.618 bits per heavy atom. The lowest BCUT2D eigenvalue weighted by Crippen LogP contribution is -2.30. The van der Waals surface area contributed by atoms with Gasteiger partial charge in [-0.05, 0) is 23.3 Å². The van der Waals surface area contributed by atoms with Gasteiger partial charge in [-0.1, -0.05) is 26.0 Å². The van der Waals surface area contributed by atoms with Crippen LogP contribution in [0.1, 0.15) is 26.7 Å². The van der Waals surface area contributed by atoms with Crippen LogP contribution in [0.3, 0.4) is 0 Å². The molecule has 2 aromatic carbocycles. The minimum Gasteiger partial charge on any atom is -0.326 e. The quantitative estimate of drug-likeness (QED) is 0.403. The van der Waals surface area contributed by atoms with E-state index in [0.717, 1.165) is 33.9 Å². The van der Waals surface area contributed by atoms with E-state index in [1.165, 1.54) is 0 Å². The largest absolute Gasteiger partial charge is 0.326 e. The number of amides is 2. The predicted molar refractivity (Wildman–Crippen MR) is 133 cm³/mol. The van der Waals surface area contributed by atoms with Gasteiger partial charge in [0.25, 0.3) is 0 Å². The molecule has 34 heavy (non-hydrogen) atoms. The molecule has 6 nitrogen and oxygen atoms in total. The van der Waals surface area contributed by atoms with Crippen molar-refractivity contribution in [3.8, 4) is 22.5 Å². The lowest BCUT2D eigenvalue weighted by Gasteiger charge is -2.05. The van der Waals surface area contributed by atoms with E-state index in [9.17, 15) is 9.59 Å². The third-order valence-electron chi connectivity index (χ3n) is 5.49. The summed E-state index contributed by atoms with van der Waals surface area (Å²) in [5.41, 5.74) is 5.71. The summed E-state index contributed by atoms with van der Waals surface area (Å²) in [6.45, 7) is 3.67. The molecule has 0 fully saturated rings. The van der Waals surface area contributed by atoms with Gasteiger partial charge in [0.2, 0.25) is 23.2 Å². The molecule has 0 radical (unpaired) electrons. The summed E-state index contributed by atoms with van der Waals surface area (Å²) in [5.74, 6) is -0.00694. The summed E-state index contributed by atoms with van der Waals surface area (Å²) in [7, 11) is 0. The van der Waals surface area contributed by atoms with Crippen molar-refractivity contribution < 1.29 is 18.7 Å². The summed E-state index contributed by atoms with van der Waals surface area (Å²) >= 11 is 0. The topological polar surface area (TPSA) is 66.0 Å². The number of carbonyl (C=O) groups excluding carboxylic acids is 2. The van der Waals surface area contributed by atoms with Crippen molar-refractivity contribution in [2.75, 3.05) is 10.6 Å². The third kappa shape index (κ3) is 5.53. The standard InChI is InChI=1S/C28H26N4O2/c1-3-27(33)29-23-7-5-9-25(19-23)31-15-11-21(12-16-31)22-13-17-32(18-14-22)26-10-6-8-24(20-26)30-28(34)4-2/h5-20H,3-4H2,1-2H3/p+2. The van der Waals surface area contributed by atoms with Crippen molar-refractivity contribution in [2.45, 2.75) is 26.7 Å². The Balaban J connectivity index is 1.50. The molecule has 0 unspecified atom stereocenters. The number of pyridine rings is 2. The highest BCUT2D eigenvalue weighted by Gasteiger charge is 2.11. The summed E-state index contributed by atoms with van der Waals surface area (Å²) in [4.78, 5) is 23.4. The van der Waals surface area contributed by atoms with Crippen LogP contribution < -0.4 is 19.8 Å². The molecule has 0 saturated carbocycles. The van der Waals surface area contributed by atoms with Gasteiger partial charge in [0.1, 0.15) is 0 Å². The number of anilines is 2. The zero-order valence-corrected chi connectivity index (χ0v) is 19.4. The third-order valence-corrected chi connectivity index (χ3v) is 5.49. The SMILES string of the molecule is CCC(=O)Nc1cccc(-[n+]2ccc(-c3cc[n+](-c4cccc(NC(=O)CC)c4)cc3)cc2)c1. The molecule has 0 aliphatic heterocycles. The van der Waals surface area contributed by atoms with Gasteiger partial charge in [-0.3, -0.25) is 9.59 Å². The van der Waals surface area contributed by atoms with Crippen LogP contribution in [-0.2, 0) is 9.59 Å². The smallest absolute Gasteiger partial charge is 0.224 e. The zero-order chi connectivity index (χ0) is 23.9. The Kier molecular flexibility index (Phi) is 7.08. The van der Waals surface area contributed by atoms with Crippen LogP contribution >= 0.6 is 0 Å². The first-order chi connectivity index (χ1) is 16.6. The molecule has 2 aromatic heterocycles. The second-order valence-corrected chi connectivity index (χ2v) is 7.89. The number of rotatable bonds is 7. The summed E-state index contributed by atoms with van der Waals surface area (Å²) in [6.07, 6.45) is 8.94. The van der Waals surface area contributed by atoms with Gasteiger partial charge >= 0.3 is 0 Å². The molecule has 0 bridgehead atoms. The highest BCUT2D eigenvalue weighted by atomic mass is 16.2. The molecule has 4 aromatic rings. The van der Waals surface area contributed by atoms with Crippen LogP contribution in [0.4, 0.5) is 11.4 Å². The van der Waals surface area contributed by atoms with Gasteiger partial charge in [0.15, 0.2) is 24.8 Å². The van der Waals surface area contributed by atoms with E-state index in [1.54, 1.807) is 0 Å². The van der Waals surface area contributed by atoms with Crippen molar-refractivity contribution in [3.63, 3.8) is 0 Å². The van der Waals surface area contributed by atoms with E-state index in [1.807, 2.05) is 96.3 Å². The first-order valence-corrected chi connectivity index (χ1v) is 11.4. The maximum Gasteiger partial charge on any atom is 0.224 e. The molecule has 2 heterocycles. The molecule has 4 rings (SSSR count). The first-order valence-electron chi connectivity index (χ1n) is 11.4. The van der Waals surface area contributed by atoms with E-state index in [2.05, 4.69) is 34.9 Å². The number of carbonyl (C=O) groups is 2. The van der Waals surface area contributed by atoms with Crippen molar-refractivity contribution in [3.05, 3.63) is 97.6 Å². The van der Waals surface area contributed by atoms with Gasteiger partial charge in [-0.2, -0.15) is 9.13 Å². The summed E-state index contributed by atoms with van der Waals surface area (Å²) < 4.78 is 4.04. The average molecular weight is 453 g/mol. The minimum atomic E-state index is -0.00347. The molecule has 6 heteroatoms. The van der Waals surface area contributed by atoms with Gasteiger partial charge < -0.3 is 10.6 Å². The highest BCUT2D eigenvalue weighted by molar-refractivity contribution is 5.91. The molecule has 2 amide bonds. The van der Waals surface area contributed by atoms with Crippen molar-refractivity contribution in [1.82, 2.24) is 0 Å². The zero-order valence-electron chi connectivity index (χ0n) is 19.4. The van der Waals surface area contributed by atoms with E-state index in [-0.39, 0.29) is 11.8 Å². The minimum absolute atomic E-state index is 0.00347. The molecule has 170 valence electrons. The second kappa shape index (κ2) is 10.5. The monoisotopic (exact) mass is 452 g/mol. The molecule has 0 aliphatic rings. The van der Waals surface area contributed by atoms with Crippen molar-refractivity contribution in [2.24, 2.45) is 0 Å². The Morgan fingerprint density at radius 2 is 1.00 bits per heavy atom. The van der Waals surface area contributed by atoms with Crippen LogP contribution in [0.15, 0.2) is 97.6 Å². The number of nitrogens with zero attached hydrogens (tertiary/aromatic N) is 2. The maximum atomic E-state index is 11.7. The second-order valence-electron chi connectivity index (χ2n) is 7.89. The number of hydrogen-bond acceptors (Lipinski definition) is 2. The summed E-state index contributed by atoms with van der Waals surface area (Å²) in [5, 5.41) is 5.80. The fourth-order valence-corrected chi connectivity index (χ4v) is 3.57. The van der Waals surface area contributed by atoms with E-state index >= 15 is 0 Å². The average Bonchev–Trinajstić information content (AvgIpc) is 2.89. The lowest BCUT2D eigenvalue weighted by molar-refractivity contribution is -0.596. The van der Waals surface area contributed by atoms with Gasteiger partial charge in [-0.25, -0.2) is 0 Å². The van der Waals surface area contributed by atoms with Gasteiger partial charge in [0.05, 0.1) is 0 Å². The normalized spacial score (nSPS) is 10.5. The van der Waals surface area contributed by atoms with E-state index in [0.29, 0.717) is 12.8 Å². The van der Waals surface area contributed by atoms with E-state index < -0.39 is 0 Å². The van der Waals surface area contributed by atoms with Crippen LogP contribution in [0.2, 0.25) is 0 Å². The number of aromatic nitrogens is 2. The predicted octanol–water partition coefficient (Wildman–Crippen LogP) is 4.60. The molecular formula is C28H28N4O2+2. The van der Waals surface area contributed by atoms with Crippen LogP contribution in [0, 0.1) is 0 Å². The molecule has 2 N–H and O–H groups in total. The Labute approximate surface area is 199 Å². The molecule has 0 atom stereocenters. The summed E-state index contributed by atoms with van der Waals surface area (Å²) in [6, 6.07) is 23.8. The Bertz CT molecular complexity index is 1200. The lowest BCUT2D eigenvalue weighted by atomic mass is 10.1. The van der Waals surface area contributed by atoms with Crippen LogP contribution in [0.25, 0.3) is 22.5 Å². The maximum absolute atomic E-state index is 11.7. The van der Waals surface area contributed by atoms with E-state index in [4.69, 9.17) is 0 Å². The number of benzene rings is 2. The van der Waals surface area contributed by atoms with Crippen LogP contribution in [0.5, 0.6) is 0 Å². The number of nitrogens with one attached hydrogen (secondary N) is 2. The molecule has 0 aliphatic carbocycles. The highest BCUT2D eigenvalue weighted by Crippen LogP contribution is 2.18. The molecular weight excluding hydrogens is 424 g/mol. The van der Waals surface area contributed by atoms with Crippen molar-refractivity contribution in [1.29, 1.82) is 0 Å². The first kappa shape index (κ1) is 22.9. The Hall–Kier alpha value is -4.32. The molecule has 0 saturated heterocycles. The van der Waals surface area contributed by atoms with Gasteiger partial charge in [-0.15, -0.1) is 0 Å².